The highest BCUT2D eigenvalue weighted by molar-refractivity contribution is 6.02. The van der Waals surface area contributed by atoms with Crippen LogP contribution >= 0.6 is 0 Å². The molecular weight excluding hydrogens is 1560 g/mol. The zero-order valence-electron chi connectivity index (χ0n) is 76.3. The van der Waals surface area contributed by atoms with Gasteiger partial charge in [0, 0.05) is 168 Å². The molecule has 3 atom stereocenters. The van der Waals surface area contributed by atoms with Gasteiger partial charge >= 0.3 is 0 Å². The van der Waals surface area contributed by atoms with Crippen molar-refractivity contribution in [3.8, 4) is 34.5 Å². The van der Waals surface area contributed by atoms with Crippen molar-refractivity contribution in [3.63, 3.8) is 0 Å². The maximum absolute atomic E-state index is 14.2. The molecule has 3 amide bonds. The van der Waals surface area contributed by atoms with Crippen molar-refractivity contribution < 1.29 is 47.5 Å². The lowest BCUT2D eigenvalue weighted by Gasteiger charge is -2.36. The highest BCUT2D eigenvalue weighted by atomic mass is 16.5. The Labute approximate surface area is 744 Å². The summed E-state index contributed by atoms with van der Waals surface area (Å²) in [5.41, 5.74) is 16.8. The van der Waals surface area contributed by atoms with Crippen LogP contribution in [0.2, 0.25) is 0 Å². The van der Waals surface area contributed by atoms with Gasteiger partial charge in [0.15, 0.2) is 34.5 Å². The number of hydrogen-bond acceptors (Lipinski definition) is 18. The fraction of sp³-hybridized carbons (Fsp3) is 0.452. The van der Waals surface area contributed by atoms with Crippen LogP contribution in [0.25, 0.3) is 0 Å². The quantitative estimate of drug-likeness (QED) is 0.0366. The molecule has 0 spiro atoms. The molecule has 9 aromatic carbocycles. The molecule has 21 nitrogen and oxygen atoms in total. The highest BCUT2D eigenvalue weighted by Crippen LogP contribution is 2.45. The molecule has 3 saturated heterocycles. The number of nitrogens with one attached hydrogen (secondary N) is 1. The molecule has 666 valence electrons. The fourth-order valence-corrected chi connectivity index (χ4v) is 18.7. The van der Waals surface area contributed by atoms with Gasteiger partial charge in [0.05, 0.1) is 67.4 Å². The van der Waals surface area contributed by atoms with Crippen LogP contribution in [0.1, 0.15) is 179 Å². The van der Waals surface area contributed by atoms with Gasteiger partial charge in [0.25, 0.3) is 17.7 Å². The van der Waals surface area contributed by atoms with E-state index in [9.17, 15) is 14.4 Å². The molecule has 3 fully saturated rings. The Balaban J connectivity index is 0.000000162. The number of piperazine rings is 3. The van der Waals surface area contributed by atoms with E-state index < -0.39 is 0 Å². The van der Waals surface area contributed by atoms with Crippen LogP contribution in [-0.2, 0) is 44.1 Å². The number of rotatable bonds is 37. The highest BCUT2D eigenvalue weighted by Gasteiger charge is 2.41. The van der Waals surface area contributed by atoms with Crippen LogP contribution in [-0.4, -0.2) is 219 Å². The first-order valence-electron chi connectivity index (χ1n) is 45.4. The van der Waals surface area contributed by atoms with Gasteiger partial charge in [-0.1, -0.05) is 169 Å². The second-order valence-corrected chi connectivity index (χ2v) is 34.7. The lowest BCUT2D eigenvalue weighted by Crippen LogP contribution is -2.46. The Morgan fingerprint density at radius 2 is 0.696 bits per heavy atom. The molecule has 125 heavy (non-hydrogen) atoms. The van der Waals surface area contributed by atoms with E-state index in [2.05, 4.69) is 212 Å². The van der Waals surface area contributed by atoms with Gasteiger partial charge in [0.2, 0.25) is 0 Å². The summed E-state index contributed by atoms with van der Waals surface area (Å²) in [6, 6.07) is 68.2. The van der Waals surface area contributed by atoms with E-state index in [1.54, 1.807) is 42.7 Å². The Morgan fingerprint density at radius 1 is 0.368 bits per heavy atom. The number of carbonyl (C=O) groups is 3. The first-order chi connectivity index (χ1) is 60.9. The second kappa shape index (κ2) is 45.0. The van der Waals surface area contributed by atoms with Gasteiger partial charge in [-0.25, -0.2) is 0 Å². The van der Waals surface area contributed by atoms with Gasteiger partial charge < -0.3 is 82.6 Å². The van der Waals surface area contributed by atoms with Crippen LogP contribution in [0.5, 0.6) is 34.5 Å². The van der Waals surface area contributed by atoms with Crippen LogP contribution in [0.4, 0.5) is 17.1 Å². The largest absolute Gasteiger partial charge is 0.493 e. The van der Waals surface area contributed by atoms with E-state index in [4.69, 9.17) is 33.2 Å². The molecule has 21 heteroatoms. The maximum Gasteiger partial charge on any atom is 0.255 e. The summed E-state index contributed by atoms with van der Waals surface area (Å²) >= 11 is 0. The Kier molecular flexibility index (Phi) is 33.1. The van der Waals surface area contributed by atoms with Gasteiger partial charge in [-0.3, -0.25) is 19.3 Å². The SMILES string of the molecule is CCN1CCN(c2cccc3c2CN([C@H](CCCN(Cc2ccccc2)Cc2ccccc2)c2ccc(OC)c(OC)c2)C3=O)CC1.CCN1CCN(c2cccc3c2CN([C@H](CCCNCC(C)(C)C)c2ccc(OC)c(OC)c2)C3=O)CC1.CCN1CCN(c2cccc3c2CN([C@H](CCCOCc2ccccc2)c2ccc(OC)c(OC)c2)C3=O)CC1. The Bertz CT molecular complexity index is 4890. The van der Waals surface area contributed by atoms with E-state index in [1.807, 2.05) is 83.8 Å². The van der Waals surface area contributed by atoms with E-state index in [1.165, 1.54) is 33.8 Å². The molecule has 0 bridgehead atoms. The van der Waals surface area contributed by atoms with Crippen LogP contribution in [0, 0.1) is 5.41 Å². The first-order valence-corrected chi connectivity index (χ1v) is 45.4. The number of amides is 3. The van der Waals surface area contributed by atoms with Crippen molar-refractivity contribution in [2.75, 3.05) is 182 Å². The Hall–Kier alpha value is -10.7. The van der Waals surface area contributed by atoms with Crippen molar-refractivity contribution in [1.29, 1.82) is 0 Å². The predicted octanol–water partition coefficient (Wildman–Crippen LogP) is 17.5. The fourth-order valence-electron chi connectivity index (χ4n) is 18.7. The van der Waals surface area contributed by atoms with Crippen LogP contribution in [0.3, 0.4) is 0 Å². The number of fused-ring (bicyclic) bond motifs is 3. The monoisotopic (exact) mass is 1700 g/mol. The number of nitrogens with zero attached hydrogens (tertiary/aromatic N) is 10. The molecule has 9 aromatic rings. The molecule has 0 aromatic heterocycles. The van der Waals surface area contributed by atoms with Crippen molar-refractivity contribution in [2.24, 2.45) is 5.41 Å². The Morgan fingerprint density at radius 3 is 1.02 bits per heavy atom. The third-order valence-corrected chi connectivity index (χ3v) is 25.7. The average Bonchev–Trinajstić information content (AvgIpc) is 1.63. The normalized spacial score (nSPS) is 16.2. The molecule has 15 rings (SSSR count). The lowest BCUT2D eigenvalue weighted by molar-refractivity contribution is 0.0658. The molecule has 0 unspecified atom stereocenters. The molecule has 6 aliphatic heterocycles. The van der Waals surface area contributed by atoms with Crippen molar-refractivity contribution in [3.05, 3.63) is 267 Å². The number of anilines is 3. The summed E-state index contributed by atoms with van der Waals surface area (Å²) in [6.45, 7) is 36.5. The van der Waals surface area contributed by atoms with E-state index in [-0.39, 0.29) is 41.3 Å². The molecular formula is C104H135N11O10. The zero-order valence-corrected chi connectivity index (χ0v) is 76.3. The minimum absolute atomic E-state index is 0.0454. The third kappa shape index (κ3) is 23.3. The average molecular weight is 1700 g/mol. The summed E-state index contributed by atoms with van der Waals surface area (Å²) in [5.74, 6) is 4.44. The number of benzene rings is 9. The molecule has 6 aliphatic rings. The first kappa shape index (κ1) is 92.0. The van der Waals surface area contributed by atoms with E-state index in [0.29, 0.717) is 67.3 Å². The summed E-state index contributed by atoms with van der Waals surface area (Å²) in [5, 5.41) is 3.59. The van der Waals surface area contributed by atoms with Gasteiger partial charge in [-0.2, -0.15) is 0 Å². The number of carbonyl (C=O) groups excluding carboxylic acids is 3. The second-order valence-electron chi connectivity index (χ2n) is 34.7. The van der Waals surface area contributed by atoms with Gasteiger partial charge in [0.1, 0.15) is 0 Å². The van der Waals surface area contributed by atoms with Gasteiger partial charge in [-0.05, 0) is 189 Å². The number of likely N-dealkylation sites (N-methyl/N-ethyl adjacent to an activating group) is 3. The molecule has 6 heterocycles. The summed E-state index contributed by atoms with van der Waals surface area (Å²) in [7, 11) is 9.93. The van der Waals surface area contributed by atoms with Gasteiger partial charge in [-0.15, -0.1) is 0 Å². The zero-order chi connectivity index (χ0) is 87.8. The van der Waals surface area contributed by atoms with Crippen LogP contribution in [0.15, 0.2) is 200 Å². The maximum atomic E-state index is 14.2. The van der Waals surface area contributed by atoms with Crippen LogP contribution < -0.4 is 48.4 Å². The summed E-state index contributed by atoms with van der Waals surface area (Å²) < 4.78 is 39.5. The predicted molar refractivity (Wildman–Crippen MR) is 502 cm³/mol. The van der Waals surface area contributed by atoms with Crippen molar-refractivity contribution in [1.82, 2.24) is 39.6 Å². The topological polar surface area (TPSA) is 160 Å². The van der Waals surface area contributed by atoms with E-state index >= 15 is 0 Å². The van der Waals surface area contributed by atoms with Crippen molar-refractivity contribution >= 4 is 34.8 Å². The third-order valence-electron chi connectivity index (χ3n) is 25.7. The number of methoxy groups -OCH3 is 6. The lowest BCUT2D eigenvalue weighted by atomic mass is 9.96. The smallest absolute Gasteiger partial charge is 0.255 e. The minimum Gasteiger partial charge on any atom is -0.493 e. The van der Waals surface area contributed by atoms with Crippen molar-refractivity contribution in [2.45, 2.75) is 138 Å². The molecule has 0 saturated carbocycles. The molecule has 1 N–H and O–H groups in total. The standard InChI is InChI=1S/C40H48N4O3.C33H41N3O4.C31H46N4O3/c1-4-41-23-25-43(26-24-41)37-18-11-17-34-35(37)30-44(40(34)45)36(33-20-21-38(46-2)39(27-33)47-3)19-12-22-42(28-31-13-7-5-8-14-31)29-32-15-9-6-10-16-32;1-4-34-17-19-35(20-18-34)30-13-8-12-27-28(30)23-36(33(27)37)29(26-15-16-31(38-2)32(22-26)39-3)14-9-21-40-24-25-10-6-5-7-11-25;1-7-33-16-18-34(19-17-33)27-11-8-10-24-25(27)21-35(30(24)36)26(12-9-15-32-22-31(2,3)4)23-13-14-28(37-5)29(20-23)38-6/h5-11,13-18,20-21,27,36H,4,12,19,22-26,28-30H2,1-3H3;5-8,10-13,15-16,22,29H,4,9,14,17-21,23-24H2,1-3H3;8,10-11,13-14,20,26,32H,7,9,12,15-19,21-22H2,1-6H3/t36-;29-;26-/m111/s1. The minimum atomic E-state index is -0.107. The number of hydrogen-bond donors (Lipinski definition) is 1. The molecule has 0 aliphatic carbocycles. The molecule has 0 radical (unpaired) electrons. The summed E-state index contributed by atoms with van der Waals surface area (Å²) in [4.78, 5) is 65.6. The number of ether oxygens (including phenoxy) is 7. The van der Waals surface area contributed by atoms with E-state index in [0.717, 1.165) is 219 Å². The summed E-state index contributed by atoms with van der Waals surface area (Å²) in [6.07, 6.45) is 5.23.